The van der Waals surface area contributed by atoms with Crippen LogP contribution in [0.2, 0.25) is 0 Å². The van der Waals surface area contributed by atoms with Gasteiger partial charge in [-0.3, -0.25) is 0 Å². The Balaban J connectivity index is 1.85. The number of fused-ring (bicyclic) bond motifs is 1. The molecule has 20 heavy (non-hydrogen) atoms. The highest BCUT2D eigenvalue weighted by atomic mass is 32.1. The van der Waals surface area contributed by atoms with Gasteiger partial charge in [0.2, 0.25) is 0 Å². The van der Waals surface area contributed by atoms with Gasteiger partial charge >= 0.3 is 0 Å². The molecule has 1 aliphatic rings. The van der Waals surface area contributed by atoms with E-state index in [0.29, 0.717) is 12.6 Å². The fourth-order valence-corrected chi connectivity index (χ4v) is 3.38. The summed E-state index contributed by atoms with van der Waals surface area (Å²) in [7, 11) is 1.96. The van der Waals surface area contributed by atoms with Crippen molar-refractivity contribution < 1.29 is 9.47 Å². The maximum Gasteiger partial charge on any atom is 0.184 e. The van der Waals surface area contributed by atoms with Gasteiger partial charge in [-0.05, 0) is 33.0 Å². The molecule has 5 heteroatoms. The molecule has 1 aromatic heterocycles. The molecule has 2 unspecified atom stereocenters. The molecule has 106 valence electrons. The zero-order chi connectivity index (χ0) is 14.1. The first kappa shape index (κ1) is 13.4. The van der Waals surface area contributed by atoms with Crippen molar-refractivity contribution in [2.75, 3.05) is 13.7 Å². The molecule has 1 aromatic carbocycles. The van der Waals surface area contributed by atoms with E-state index in [1.54, 1.807) is 11.3 Å². The van der Waals surface area contributed by atoms with Crippen molar-refractivity contribution in [3.05, 3.63) is 39.8 Å². The molecule has 2 aromatic rings. The Morgan fingerprint density at radius 1 is 1.35 bits per heavy atom. The molecule has 0 spiro atoms. The zero-order valence-corrected chi connectivity index (χ0v) is 12.7. The second-order valence-electron chi connectivity index (χ2n) is 4.88. The third-order valence-corrected chi connectivity index (χ3v) is 4.89. The van der Waals surface area contributed by atoms with Crippen molar-refractivity contribution in [3.63, 3.8) is 0 Å². The minimum absolute atomic E-state index is 0.119. The standard InChI is InChI=1S/C15H18N2O2S/c1-9(16-3)14-10(2)17-15(20-14)13-8-18-11-6-4-5-7-12(11)19-13/h4-7,9,13,16H,8H2,1-3H3. The molecule has 0 radical (unpaired) electrons. The largest absolute Gasteiger partial charge is 0.485 e. The Labute approximate surface area is 122 Å². The highest BCUT2D eigenvalue weighted by Gasteiger charge is 2.26. The van der Waals surface area contributed by atoms with Crippen molar-refractivity contribution >= 4 is 11.3 Å². The van der Waals surface area contributed by atoms with E-state index in [-0.39, 0.29) is 6.10 Å². The minimum atomic E-state index is -0.119. The van der Waals surface area contributed by atoms with E-state index >= 15 is 0 Å². The van der Waals surface area contributed by atoms with Gasteiger partial charge < -0.3 is 14.8 Å². The van der Waals surface area contributed by atoms with E-state index in [0.717, 1.165) is 22.2 Å². The van der Waals surface area contributed by atoms with Gasteiger partial charge in [0.05, 0.1) is 5.69 Å². The molecule has 2 atom stereocenters. The Hall–Kier alpha value is -1.59. The highest BCUT2D eigenvalue weighted by molar-refractivity contribution is 7.11. The van der Waals surface area contributed by atoms with Crippen LogP contribution in [-0.2, 0) is 0 Å². The van der Waals surface area contributed by atoms with Crippen molar-refractivity contribution in [2.45, 2.75) is 26.0 Å². The predicted octanol–water partition coefficient (Wildman–Crippen LogP) is 3.24. The van der Waals surface area contributed by atoms with E-state index in [1.807, 2.05) is 38.2 Å². The summed E-state index contributed by atoms with van der Waals surface area (Å²) in [6, 6.07) is 8.05. The molecule has 1 aliphatic heterocycles. The van der Waals surface area contributed by atoms with Crippen LogP contribution in [0.25, 0.3) is 0 Å². The zero-order valence-electron chi connectivity index (χ0n) is 11.8. The van der Waals surface area contributed by atoms with Gasteiger partial charge in [0.1, 0.15) is 11.6 Å². The number of para-hydroxylation sites is 2. The summed E-state index contributed by atoms with van der Waals surface area (Å²) in [5.41, 5.74) is 1.06. The summed E-state index contributed by atoms with van der Waals surface area (Å²) in [6.45, 7) is 4.69. The second kappa shape index (κ2) is 5.42. The molecule has 3 rings (SSSR count). The summed E-state index contributed by atoms with van der Waals surface area (Å²) in [4.78, 5) is 5.90. The number of ether oxygens (including phenoxy) is 2. The van der Waals surface area contributed by atoms with E-state index in [4.69, 9.17) is 9.47 Å². The van der Waals surface area contributed by atoms with E-state index in [1.165, 1.54) is 4.88 Å². The minimum Gasteiger partial charge on any atom is -0.485 e. The Kier molecular flexibility index (Phi) is 3.63. The summed E-state index contributed by atoms with van der Waals surface area (Å²) >= 11 is 1.69. The summed E-state index contributed by atoms with van der Waals surface area (Å²) in [6.07, 6.45) is -0.119. The van der Waals surface area contributed by atoms with Gasteiger partial charge in [-0.2, -0.15) is 0 Å². The maximum atomic E-state index is 6.00. The van der Waals surface area contributed by atoms with Crippen molar-refractivity contribution in [1.29, 1.82) is 0 Å². The van der Waals surface area contributed by atoms with E-state index in [9.17, 15) is 0 Å². The van der Waals surface area contributed by atoms with Crippen LogP contribution in [0.1, 0.15) is 34.6 Å². The molecular weight excluding hydrogens is 272 g/mol. The van der Waals surface area contributed by atoms with Crippen LogP contribution in [0.5, 0.6) is 11.5 Å². The molecule has 2 heterocycles. The third-order valence-electron chi connectivity index (χ3n) is 3.46. The lowest BCUT2D eigenvalue weighted by molar-refractivity contribution is 0.0910. The van der Waals surface area contributed by atoms with E-state index in [2.05, 4.69) is 17.2 Å². The molecule has 0 saturated carbocycles. The summed E-state index contributed by atoms with van der Waals surface area (Å²) in [5.74, 6) is 1.60. The molecule has 1 N–H and O–H groups in total. The number of nitrogens with zero attached hydrogens (tertiary/aromatic N) is 1. The number of rotatable bonds is 3. The SMILES string of the molecule is CNC(C)c1sc(C2COc3ccccc3O2)nc1C. The first-order valence-electron chi connectivity index (χ1n) is 6.72. The lowest BCUT2D eigenvalue weighted by Gasteiger charge is -2.24. The lowest BCUT2D eigenvalue weighted by atomic mass is 10.2. The normalized spacial score (nSPS) is 18.9. The molecule has 0 aliphatic carbocycles. The topological polar surface area (TPSA) is 43.4 Å². The van der Waals surface area contributed by atoms with Crippen LogP contribution in [0.15, 0.2) is 24.3 Å². The first-order chi connectivity index (χ1) is 9.69. The van der Waals surface area contributed by atoms with Gasteiger partial charge in [0.25, 0.3) is 0 Å². The van der Waals surface area contributed by atoms with Crippen LogP contribution >= 0.6 is 11.3 Å². The van der Waals surface area contributed by atoms with Gasteiger partial charge in [-0.25, -0.2) is 4.98 Å². The molecule has 4 nitrogen and oxygen atoms in total. The smallest absolute Gasteiger partial charge is 0.184 e. The van der Waals surface area contributed by atoms with Crippen LogP contribution in [-0.4, -0.2) is 18.6 Å². The van der Waals surface area contributed by atoms with Gasteiger partial charge in [-0.15, -0.1) is 11.3 Å². The molecule has 0 saturated heterocycles. The van der Waals surface area contributed by atoms with Crippen LogP contribution in [0, 0.1) is 6.92 Å². The van der Waals surface area contributed by atoms with E-state index < -0.39 is 0 Å². The average Bonchev–Trinajstić information content (AvgIpc) is 2.88. The molecule has 0 amide bonds. The van der Waals surface area contributed by atoms with Gasteiger partial charge in [-0.1, -0.05) is 12.1 Å². The summed E-state index contributed by atoms with van der Waals surface area (Å²) in [5, 5.41) is 4.23. The number of benzene rings is 1. The predicted molar refractivity (Wildman–Crippen MR) is 79.6 cm³/mol. The summed E-state index contributed by atoms with van der Waals surface area (Å²) < 4.78 is 11.8. The number of nitrogens with one attached hydrogen (secondary N) is 1. The van der Waals surface area contributed by atoms with Gasteiger partial charge in [0.15, 0.2) is 17.6 Å². The highest BCUT2D eigenvalue weighted by Crippen LogP contribution is 2.38. The Bertz CT molecular complexity index is 612. The molecular formula is C15H18N2O2S. The number of hydrogen-bond acceptors (Lipinski definition) is 5. The third kappa shape index (κ3) is 2.39. The van der Waals surface area contributed by atoms with Crippen LogP contribution < -0.4 is 14.8 Å². The number of thiazole rings is 1. The van der Waals surface area contributed by atoms with Crippen LogP contribution in [0.4, 0.5) is 0 Å². The lowest BCUT2D eigenvalue weighted by Crippen LogP contribution is -2.21. The van der Waals surface area contributed by atoms with Crippen molar-refractivity contribution in [1.82, 2.24) is 10.3 Å². The molecule has 0 fully saturated rings. The average molecular weight is 290 g/mol. The number of aryl methyl sites for hydroxylation is 1. The maximum absolute atomic E-state index is 6.00. The second-order valence-corrected chi connectivity index (χ2v) is 5.94. The Morgan fingerprint density at radius 3 is 2.85 bits per heavy atom. The van der Waals surface area contributed by atoms with Gasteiger partial charge in [0, 0.05) is 10.9 Å². The van der Waals surface area contributed by atoms with Crippen molar-refractivity contribution in [3.8, 4) is 11.5 Å². The monoisotopic (exact) mass is 290 g/mol. The number of aromatic nitrogens is 1. The van der Waals surface area contributed by atoms with Crippen molar-refractivity contribution in [2.24, 2.45) is 0 Å². The first-order valence-corrected chi connectivity index (χ1v) is 7.53. The Morgan fingerprint density at radius 2 is 2.10 bits per heavy atom. The number of hydrogen-bond donors (Lipinski definition) is 1. The fourth-order valence-electron chi connectivity index (χ4n) is 2.24. The molecule has 0 bridgehead atoms. The quantitative estimate of drug-likeness (QED) is 0.942. The fraction of sp³-hybridized carbons (Fsp3) is 0.400. The van der Waals surface area contributed by atoms with Crippen LogP contribution in [0.3, 0.4) is 0 Å².